The Balaban J connectivity index is 2.61. The van der Waals surface area contributed by atoms with Gasteiger partial charge in [-0.1, -0.05) is 13.0 Å². The average molecular weight is 334 g/mol. The van der Waals surface area contributed by atoms with Gasteiger partial charge in [0.05, 0.1) is 0 Å². The van der Waals surface area contributed by atoms with Crippen LogP contribution in [0.1, 0.15) is 18.9 Å². The zero-order valence-electron chi connectivity index (χ0n) is 13.0. The Bertz CT molecular complexity index is 521. The summed E-state index contributed by atoms with van der Waals surface area (Å²) in [5.74, 6) is 0.182. The van der Waals surface area contributed by atoms with Crippen LogP contribution in [0.2, 0.25) is 0 Å². The average Bonchev–Trinajstić information content (AvgIpc) is 2.45. The van der Waals surface area contributed by atoms with Gasteiger partial charge < -0.3 is 20.5 Å². The molecule has 23 heavy (non-hydrogen) atoms. The first kappa shape index (κ1) is 19.1. The van der Waals surface area contributed by atoms with Gasteiger partial charge in [0.1, 0.15) is 5.75 Å². The number of urea groups is 1. The number of anilines is 1. The number of hydrogen-bond acceptors (Lipinski definition) is 3. The quantitative estimate of drug-likeness (QED) is 0.718. The normalized spacial score (nSPS) is 12.6. The fraction of sp³-hybridized carbons (Fsp3) is 0.533. The molecule has 0 fully saturated rings. The predicted octanol–water partition coefficient (Wildman–Crippen LogP) is 3.08. The van der Waals surface area contributed by atoms with Crippen LogP contribution in [0.4, 0.5) is 23.7 Å². The molecule has 0 heterocycles. The topological polar surface area (TPSA) is 70.6 Å². The van der Waals surface area contributed by atoms with E-state index >= 15 is 0 Å². The molecule has 130 valence electrons. The highest BCUT2D eigenvalue weighted by Crippen LogP contribution is 2.27. The van der Waals surface area contributed by atoms with Crippen molar-refractivity contribution >= 4 is 11.7 Å². The van der Waals surface area contributed by atoms with Gasteiger partial charge in [-0.25, -0.2) is 4.79 Å². The lowest BCUT2D eigenvalue weighted by atomic mass is 10.1. The van der Waals surface area contributed by atoms with Crippen LogP contribution in [0.5, 0.6) is 5.75 Å². The highest BCUT2D eigenvalue weighted by Gasteiger charge is 2.28. The van der Waals surface area contributed by atoms with Crippen molar-refractivity contribution in [2.45, 2.75) is 26.4 Å². The molecule has 0 aliphatic rings. The highest BCUT2D eigenvalue weighted by molar-refractivity contribution is 5.90. The van der Waals surface area contributed by atoms with Gasteiger partial charge in [0.2, 0.25) is 0 Å². The number of aliphatic hydroxyl groups excluding tert-OH is 1. The van der Waals surface area contributed by atoms with Crippen molar-refractivity contribution < 1.29 is 27.8 Å². The molecule has 1 atom stereocenters. The van der Waals surface area contributed by atoms with Gasteiger partial charge >= 0.3 is 12.2 Å². The zero-order chi connectivity index (χ0) is 17.5. The summed E-state index contributed by atoms with van der Waals surface area (Å²) in [6, 6.07) is 4.02. The van der Waals surface area contributed by atoms with E-state index in [9.17, 15) is 18.0 Å². The fourth-order valence-electron chi connectivity index (χ4n) is 1.82. The lowest BCUT2D eigenvalue weighted by molar-refractivity contribution is -0.153. The van der Waals surface area contributed by atoms with E-state index in [0.717, 1.165) is 0 Å². The van der Waals surface area contributed by atoms with Crippen molar-refractivity contribution in [1.29, 1.82) is 0 Å². The Hall–Kier alpha value is -1.96. The minimum absolute atomic E-state index is 0.0438. The fourth-order valence-corrected chi connectivity index (χ4v) is 1.82. The molecule has 0 aromatic heterocycles. The maximum Gasteiger partial charge on any atom is 0.422 e. The maximum absolute atomic E-state index is 12.2. The van der Waals surface area contributed by atoms with Gasteiger partial charge in [0.15, 0.2) is 6.61 Å². The van der Waals surface area contributed by atoms with Gasteiger partial charge in [-0.05, 0) is 31.4 Å². The molecule has 1 rings (SSSR count). The number of halogens is 3. The van der Waals surface area contributed by atoms with E-state index in [4.69, 9.17) is 9.84 Å². The number of carbonyl (C=O) groups excluding carboxylic acids is 1. The number of rotatable bonds is 7. The standard InChI is InChI=1S/C15H21F3N2O3/c1-10(6-7-21)8-19-14(22)20-12-4-3-5-13(11(12)2)23-9-15(16,17)18/h3-5,10,21H,6-9H2,1-2H3,(H2,19,20,22). The molecule has 2 amide bonds. The highest BCUT2D eigenvalue weighted by atomic mass is 19.4. The van der Waals surface area contributed by atoms with Crippen molar-refractivity contribution in [3.8, 4) is 5.75 Å². The predicted molar refractivity (Wildman–Crippen MR) is 80.6 cm³/mol. The lowest BCUT2D eigenvalue weighted by Crippen LogP contribution is -2.32. The summed E-state index contributed by atoms with van der Waals surface area (Å²) in [7, 11) is 0. The largest absolute Gasteiger partial charge is 0.484 e. The summed E-state index contributed by atoms with van der Waals surface area (Å²) >= 11 is 0. The molecule has 0 aliphatic carbocycles. The Morgan fingerprint density at radius 1 is 1.39 bits per heavy atom. The first-order valence-corrected chi connectivity index (χ1v) is 7.18. The number of hydrogen-bond donors (Lipinski definition) is 3. The molecule has 1 unspecified atom stereocenters. The molecule has 0 radical (unpaired) electrons. The summed E-state index contributed by atoms with van der Waals surface area (Å²) < 4.78 is 41.3. The van der Waals surface area contributed by atoms with Crippen molar-refractivity contribution in [2.75, 3.05) is 25.1 Å². The van der Waals surface area contributed by atoms with Crippen molar-refractivity contribution in [3.05, 3.63) is 23.8 Å². The Kier molecular flexibility index (Phi) is 7.15. The summed E-state index contributed by atoms with van der Waals surface area (Å²) in [6.45, 7) is 2.49. The van der Waals surface area contributed by atoms with E-state index in [-0.39, 0.29) is 18.3 Å². The number of alkyl halides is 3. The van der Waals surface area contributed by atoms with E-state index in [1.165, 1.54) is 12.1 Å². The van der Waals surface area contributed by atoms with Crippen molar-refractivity contribution in [2.24, 2.45) is 5.92 Å². The van der Waals surface area contributed by atoms with E-state index in [2.05, 4.69) is 10.6 Å². The van der Waals surface area contributed by atoms with E-state index in [0.29, 0.717) is 24.2 Å². The number of nitrogens with one attached hydrogen (secondary N) is 2. The van der Waals surface area contributed by atoms with E-state index in [1.807, 2.05) is 6.92 Å². The van der Waals surface area contributed by atoms with Crippen molar-refractivity contribution in [1.82, 2.24) is 5.32 Å². The SMILES string of the molecule is Cc1c(NC(=O)NCC(C)CCO)cccc1OCC(F)(F)F. The van der Waals surface area contributed by atoms with Crippen LogP contribution in [0.3, 0.4) is 0 Å². The molecule has 8 heteroatoms. The van der Waals surface area contributed by atoms with E-state index in [1.54, 1.807) is 13.0 Å². The molecular formula is C15H21F3N2O3. The van der Waals surface area contributed by atoms with Crippen molar-refractivity contribution in [3.63, 3.8) is 0 Å². The molecule has 1 aromatic carbocycles. The third-order valence-corrected chi connectivity index (χ3v) is 3.16. The summed E-state index contributed by atoms with van der Waals surface area (Å²) in [4.78, 5) is 11.8. The second-order valence-corrected chi connectivity index (χ2v) is 5.29. The van der Waals surface area contributed by atoms with Crippen LogP contribution in [-0.4, -0.2) is 37.1 Å². The Morgan fingerprint density at radius 2 is 2.09 bits per heavy atom. The van der Waals surface area contributed by atoms with Crippen LogP contribution in [0, 0.1) is 12.8 Å². The molecule has 3 N–H and O–H groups in total. The molecule has 5 nitrogen and oxygen atoms in total. The van der Waals surface area contributed by atoms with Gasteiger partial charge in [-0.15, -0.1) is 0 Å². The van der Waals surface area contributed by atoms with Crippen LogP contribution in [0.15, 0.2) is 18.2 Å². The van der Waals surface area contributed by atoms with Crippen LogP contribution >= 0.6 is 0 Å². The van der Waals surface area contributed by atoms with E-state index < -0.39 is 18.8 Å². The maximum atomic E-state index is 12.2. The summed E-state index contributed by atoms with van der Waals surface area (Å²) in [5, 5.41) is 14.0. The monoisotopic (exact) mass is 334 g/mol. The molecule has 0 aliphatic heterocycles. The van der Waals surface area contributed by atoms with Crippen LogP contribution in [0.25, 0.3) is 0 Å². The number of ether oxygens (including phenoxy) is 1. The number of benzene rings is 1. The smallest absolute Gasteiger partial charge is 0.422 e. The molecule has 1 aromatic rings. The van der Waals surface area contributed by atoms with Gasteiger partial charge in [-0.2, -0.15) is 13.2 Å². The third kappa shape index (κ3) is 7.23. The second kappa shape index (κ2) is 8.61. The third-order valence-electron chi connectivity index (χ3n) is 3.16. The lowest BCUT2D eigenvalue weighted by Gasteiger charge is -2.16. The second-order valence-electron chi connectivity index (χ2n) is 5.29. The molecule has 0 bridgehead atoms. The number of amides is 2. The van der Waals surface area contributed by atoms with Gasteiger partial charge in [-0.3, -0.25) is 0 Å². The minimum Gasteiger partial charge on any atom is -0.484 e. The summed E-state index contributed by atoms with van der Waals surface area (Å²) in [6.07, 6.45) is -3.85. The molecule has 0 saturated carbocycles. The van der Waals surface area contributed by atoms with Crippen LogP contribution < -0.4 is 15.4 Å². The zero-order valence-corrected chi connectivity index (χ0v) is 13.0. The minimum atomic E-state index is -4.42. The first-order valence-electron chi connectivity index (χ1n) is 7.18. The number of aliphatic hydroxyl groups is 1. The Labute approximate surface area is 132 Å². The van der Waals surface area contributed by atoms with Gasteiger partial charge in [0.25, 0.3) is 0 Å². The first-order chi connectivity index (χ1) is 10.7. The Morgan fingerprint density at radius 3 is 2.70 bits per heavy atom. The number of carbonyl (C=O) groups is 1. The van der Waals surface area contributed by atoms with Crippen LogP contribution in [-0.2, 0) is 0 Å². The molecule has 0 saturated heterocycles. The molecule has 0 spiro atoms. The van der Waals surface area contributed by atoms with Gasteiger partial charge in [0, 0.05) is 24.4 Å². The molecular weight excluding hydrogens is 313 g/mol. The summed E-state index contributed by atoms with van der Waals surface area (Å²) in [5.41, 5.74) is 0.785.